The largest absolute Gasteiger partial charge is 0.464 e. The monoisotopic (exact) mass is 403 g/mol. The molecule has 150 valence electrons. The molecule has 28 heavy (non-hydrogen) atoms. The van der Waals surface area contributed by atoms with Crippen molar-refractivity contribution < 1.29 is 24.8 Å². The Labute approximate surface area is 167 Å². The number of ether oxygens (including phenoxy) is 2. The Morgan fingerprint density at radius 3 is 2.71 bits per heavy atom. The summed E-state index contributed by atoms with van der Waals surface area (Å²) in [5.74, 6) is 0.203. The zero-order chi connectivity index (χ0) is 19.8. The van der Waals surface area contributed by atoms with Crippen LogP contribution in [0.2, 0.25) is 0 Å². The minimum absolute atomic E-state index is 0.387. The Morgan fingerprint density at radius 1 is 1.18 bits per heavy atom. The number of aryl methyl sites for hydroxylation is 1. The molecule has 0 radical (unpaired) electrons. The minimum atomic E-state index is -1.14. The summed E-state index contributed by atoms with van der Waals surface area (Å²) in [5.41, 5.74) is 2.08. The number of hydrogen-bond donors (Lipinski definition) is 4. The summed E-state index contributed by atoms with van der Waals surface area (Å²) in [5, 5.41) is 30.8. The number of thiophene rings is 1. The molecule has 5 atom stereocenters. The second-order valence-corrected chi connectivity index (χ2v) is 8.74. The highest BCUT2D eigenvalue weighted by atomic mass is 32.1. The van der Waals surface area contributed by atoms with E-state index in [2.05, 4.69) is 24.0 Å². The van der Waals surface area contributed by atoms with Crippen LogP contribution >= 0.6 is 11.3 Å². The van der Waals surface area contributed by atoms with Gasteiger partial charge in [-0.25, -0.2) is 0 Å². The molecular formula is C21H25NO5S. The minimum Gasteiger partial charge on any atom is -0.464 e. The maximum atomic E-state index is 10.3. The smallest absolute Gasteiger partial charge is 0.205 e. The molecule has 3 heterocycles. The van der Waals surface area contributed by atoms with Crippen molar-refractivity contribution in [1.82, 2.24) is 4.98 Å². The van der Waals surface area contributed by atoms with Crippen molar-refractivity contribution in [2.75, 3.05) is 6.61 Å². The number of aliphatic hydroxyl groups is 3. The molecule has 1 aromatic carbocycles. The maximum Gasteiger partial charge on any atom is 0.205 e. The number of aromatic amines is 1. The maximum absolute atomic E-state index is 10.3. The second-order valence-electron chi connectivity index (χ2n) is 7.37. The molecule has 4 N–H and O–H groups in total. The quantitative estimate of drug-likeness (QED) is 0.525. The van der Waals surface area contributed by atoms with Crippen molar-refractivity contribution in [2.45, 2.75) is 44.9 Å². The van der Waals surface area contributed by atoms with E-state index in [4.69, 9.17) is 9.47 Å². The molecule has 4 rings (SSSR count). The van der Waals surface area contributed by atoms with Crippen LogP contribution in [0.5, 0.6) is 5.75 Å². The molecule has 6 nitrogen and oxygen atoms in total. The molecule has 7 heteroatoms. The molecule has 0 saturated carbocycles. The molecular weight excluding hydrogens is 378 g/mol. The molecule has 0 unspecified atom stereocenters. The molecule has 3 aromatic rings. The molecule has 2 aromatic heterocycles. The third-order valence-corrected chi connectivity index (χ3v) is 6.34. The van der Waals surface area contributed by atoms with E-state index in [9.17, 15) is 15.3 Å². The predicted octanol–water partition coefficient (Wildman–Crippen LogP) is 2.58. The average Bonchev–Trinajstić information content (AvgIpc) is 3.29. The van der Waals surface area contributed by atoms with Crippen LogP contribution in [-0.2, 0) is 11.2 Å². The lowest BCUT2D eigenvalue weighted by Crippen LogP contribution is -2.56. The highest BCUT2D eigenvalue weighted by molar-refractivity contribution is 7.11. The number of benzene rings is 1. The number of rotatable bonds is 5. The lowest BCUT2D eigenvalue weighted by atomic mass is 9.92. The van der Waals surface area contributed by atoms with Gasteiger partial charge in [0.15, 0.2) is 0 Å². The van der Waals surface area contributed by atoms with Gasteiger partial charge in [-0.2, -0.15) is 0 Å². The molecule has 1 aliphatic rings. The van der Waals surface area contributed by atoms with Crippen LogP contribution < -0.4 is 4.74 Å². The van der Waals surface area contributed by atoms with E-state index in [1.165, 1.54) is 9.75 Å². The number of aromatic nitrogens is 1. The normalized spacial score (nSPS) is 28.0. The molecule has 1 aliphatic heterocycles. The van der Waals surface area contributed by atoms with Crippen molar-refractivity contribution in [1.29, 1.82) is 0 Å². The van der Waals surface area contributed by atoms with E-state index in [0.29, 0.717) is 5.75 Å². The van der Waals surface area contributed by atoms with Gasteiger partial charge in [-0.05, 0) is 36.8 Å². The first-order chi connectivity index (χ1) is 13.5. The van der Waals surface area contributed by atoms with Crippen molar-refractivity contribution in [3.63, 3.8) is 0 Å². The number of H-pyrrole nitrogens is 1. The van der Waals surface area contributed by atoms with Crippen LogP contribution in [0.4, 0.5) is 0 Å². The number of fused-ring (bicyclic) bond motifs is 1. The van der Waals surface area contributed by atoms with Crippen LogP contribution in [0, 0.1) is 12.8 Å². The van der Waals surface area contributed by atoms with E-state index in [1.54, 1.807) is 18.3 Å². The van der Waals surface area contributed by atoms with Crippen LogP contribution in [0.1, 0.15) is 22.2 Å². The standard InChI is InChI=1S/C21H25NO5S/c1-11-6-7-14(28-11)8-13-9-22-15-4-3-5-16(18(13)15)26-21-12(2)19(24)20(25)17(10-23)27-21/h3-7,9,12,17,19-25H,8,10H2,1-2H3/t12-,17-,19-,20-,21-/m1/s1. The fraction of sp³-hybridized carbons (Fsp3) is 0.429. The summed E-state index contributed by atoms with van der Waals surface area (Å²) in [6.45, 7) is 3.47. The van der Waals surface area contributed by atoms with E-state index in [-0.39, 0.29) is 6.61 Å². The zero-order valence-corrected chi connectivity index (χ0v) is 16.6. The molecule has 0 aliphatic carbocycles. The van der Waals surface area contributed by atoms with Gasteiger partial charge in [0.2, 0.25) is 6.29 Å². The van der Waals surface area contributed by atoms with Gasteiger partial charge in [0, 0.05) is 39.2 Å². The van der Waals surface area contributed by atoms with Gasteiger partial charge in [-0.1, -0.05) is 13.0 Å². The van der Waals surface area contributed by atoms with Gasteiger partial charge in [0.05, 0.1) is 12.7 Å². The first-order valence-corrected chi connectivity index (χ1v) is 10.2. The summed E-state index contributed by atoms with van der Waals surface area (Å²) in [6, 6.07) is 10.0. The Morgan fingerprint density at radius 2 is 2.00 bits per heavy atom. The van der Waals surface area contributed by atoms with Crippen LogP contribution in [0.15, 0.2) is 36.5 Å². The van der Waals surface area contributed by atoms with Gasteiger partial charge in [-0.15, -0.1) is 11.3 Å². The fourth-order valence-electron chi connectivity index (χ4n) is 3.71. The Bertz CT molecular complexity index is 949. The summed E-state index contributed by atoms with van der Waals surface area (Å²) >= 11 is 1.77. The fourth-order valence-corrected chi connectivity index (χ4v) is 4.62. The highest BCUT2D eigenvalue weighted by Crippen LogP contribution is 2.35. The summed E-state index contributed by atoms with van der Waals surface area (Å²) in [7, 11) is 0. The number of nitrogens with one attached hydrogen (secondary N) is 1. The summed E-state index contributed by atoms with van der Waals surface area (Å²) in [6.07, 6.45) is -1.04. The van der Waals surface area contributed by atoms with Gasteiger partial charge in [0.25, 0.3) is 0 Å². The van der Waals surface area contributed by atoms with E-state index in [0.717, 1.165) is 22.9 Å². The molecule has 1 saturated heterocycles. The average molecular weight is 404 g/mol. The van der Waals surface area contributed by atoms with Gasteiger partial charge in [0.1, 0.15) is 18.0 Å². The third kappa shape index (κ3) is 3.56. The van der Waals surface area contributed by atoms with Gasteiger partial charge >= 0.3 is 0 Å². The Hall–Kier alpha value is -1.90. The Kier molecular flexibility index (Phi) is 5.44. The number of aliphatic hydroxyl groups excluding tert-OH is 3. The molecule has 0 bridgehead atoms. The van der Waals surface area contributed by atoms with Gasteiger partial charge in [-0.3, -0.25) is 0 Å². The third-order valence-electron chi connectivity index (χ3n) is 5.34. The molecule has 1 fully saturated rings. The van der Waals surface area contributed by atoms with Crippen molar-refractivity contribution in [3.05, 3.63) is 51.8 Å². The SMILES string of the molecule is Cc1ccc(Cc2c[nH]c3cccc(O[C@@H]4O[C@H](CO)[C@@H](O)[C@H](O)[C@H]4C)c23)s1. The first kappa shape index (κ1) is 19.4. The number of hydrogen-bond acceptors (Lipinski definition) is 6. The summed E-state index contributed by atoms with van der Waals surface area (Å²) < 4.78 is 11.9. The van der Waals surface area contributed by atoms with Crippen molar-refractivity contribution in [2.24, 2.45) is 5.92 Å². The topological polar surface area (TPSA) is 94.9 Å². The van der Waals surface area contributed by atoms with E-state index < -0.39 is 30.5 Å². The second kappa shape index (κ2) is 7.85. The predicted molar refractivity (Wildman–Crippen MR) is 108 cm³/mol. The molecule has 0 spiro atoms. The summed E-state index contributed by atoms with van der Waals surface area (Å²) in [4.78, 5) is 5.84. The van der Waals surface area contributed by atoms with Crippen LogP contribution in [0.25, 0.3) is 10.9 Å². The van der Waals surface area contributed by atoms with Gasteiger partial charge < -0.3 is 29.8 Å². The van der Waals surface area contributed by atoms with Crippen LogP contribution in [-0.4, -0.2) is 51.5 Å². The highest BCUT2D eigenvalue weighted by Gasteiger charge is 2.43. The van der Waals surface area contributed by atoms with Crippen LogP contribution in [0.3, 0.4) is 0 Å². The Balaban J connectivity index is 1.64. The van der Waals surface area contributed by atoms with Crippen molar-refractivity contribution in [3.8, 4) is 5.75 Å². The van der Waals surface area contributed by atoms with Crippen molar-refractivity contribution >= 4 is 22.2 Å². The lowest BCUT2D eigenvalue weighted by Gasteiger charge is -2.40. The zero-order valence-electron chi connectivity index (χ0n) is 15.8. The first-order valence-electron chi connectivity index (χ1n) is 9.41. The lowest BCUT2D eigenvalue weighted by molar-refractivity contribution is -0.256. The van der Waals surface area contributed by atoms with E-state index in [1.807, 2.05) is 24.4 Å². The van der Waals surface area contributed by atoms with E-state index >= 15 is 0 Å². The molecule has 0 amide bonds.